The Labute approximate surface area is 146 Å². The Balaban J connectivity index is 1.92. The summed E-state index contributed by atoms with van der Waals surface area (Å²) in [6, 6.07) is 9.33. The first-order valence-corrected chi connectivity index (χ1v) is 8.54. The first kappa shape index (κ1) is 19.2. The number of alkyl halides is 2. The number of nitro groups is 1. The number of benzene rings is 2. The van der Waals surface area contributed by atoms with Gasteiger partial charge >= 0.3 is 5.76 Å². The van der Waals surface area contributed by atoms with Gasteiger partial charge in [-0.15, -0.1) is 0 Å². The summed E-state index contributed by atoms with van der Waals surface area (Å²) in [4.78, 5) is 21.2. The highest BCUT2D eigenvalue weighted by Gasteiger charge is 2.26. The predicted octanol–water partition coefficient (Wildman–Crippen LogP) is 2.61. The Bertz CT molecular complexity index is 899. The monoisotopic (exact) mass is 386 g/mol. The normalized spacial score (nSPS) is 11.2. The average Bonchev–Trinajstić information content (AvgIpc) is 2.60. The second-order valence-electron chi connectivity index (χ2n) is 4.92. The fraction of sp³-hybridized carbons (Fsp3) is 0.133. The number of nitro benzene ring substituents is 1. The lowest BCUT2D eigenvalue weighted by Gasteiger charge is -2.08. The summed E-state index contributed by atoms with van der Waals surface area (Å²) in [6.45, 7) is -0.408. The molecular weight excluding hydrogens is 374 g/mol. The number of non-ortho nitro benzene ring substituents is 1. The molecular formula is C15H12F2N2O6S. The molecule has 0 unspecified atom stereocenters. The van der Waals surface area contributed by atoms with Gasteiger partial charge in [0.2, 0.25) is 9.84 Å². The van der Waals surface area contributed by atoms with Crippen LogP contribution in [0.2, 0.25) is 0 Å². The van der Waals surface area contributed by atoms with E-state index in [0.717, 1.165) is 12.1 Å². The second kappa shape index (κ2) is 7.87. The summed E-state index contributed by atoms with van der Waals surface area (Å²) in [5.74, 6) is -3.88. The zero-order valence-corrected chi connectivity index (χ0v) is 13.8. The van der Waals surface area contributed by atoms with Crippen molar-refractivity contribution in [2.24, 2.45) is 0 Å². The van der Waals surface area contributed by atoms with Crippen molar-refractivity contribution >= 4 is 27.1 Å². The van der Waals surface area contributed by atoms with E-state index in [0.29, 0.717) is 0 Å². The summed E-state index contributed by atoms with van der Waals surface area (Å²) < 4.78 is 52.6. The SMILES string of the molecule is O=C(COc1ccc([N+](=O)[O-])cc1)Nc1ccc(S(=O)(=O)C(F)F)cc1. The van der Waals surface area contributed by atoms with E-state index in [9.17, 15) is 32.1 Å². The third-order valence-electron chi connectivity index (χ3n) is 3.12. The van der Waals surface area contributed by atoms with Gasteiger partial charge in [-0.25, -0.2) is 8.42 Å². The van der Waals surface area contributed by atoms with E-state index in [-0.39, 0.29) is 17.1 Å². The lowest BCUT2D eigenvalue weighted by molar-refractivity contribution is -0.384. The highest BCUT2D eigenvalue weighted by atomic mass is 32.2. The molecule has 2 rings (SSSR count). The highest BCUT2D eigenvalue weighted by Crippen LogP contribution is 2.20. The van der Waals surface area contributed by atoms with Gasteiger partial charge in [-0.3, -0.25) is 14.9 Å². The Hall–Kier alpha value is -3.08. The molecule has 2 aromatic carbocycles. The maximum absolute atomic E-state index is 12.4. The van der Waals surface area contributed by atoms with Gasteiger partial charge in [0.1, 0.15) is 5.75 Å². The van der Waals surface area contributed by atoms with Gasteiger partial charge in [0.25, 0.3) is 11.6 Å². The number of anilines is 1. The summed E-state index contributed by atoms with van der Waals surface area (Å²) in [5, 5.41) is 12.9. The van der Waals surface area contributed by atoms with Crippen LogP contribution in [0.1, 0.15) is 0 Å². The Morgan fingerprint density at radius 2 is 1.69 bits per heavy atom. The molecule has 0 radical (unpaired) electrons. The van der Waals surface area contributed by atoms with Gasteiger partial charge in [0.15, 0.2) is 6.61 Å². The number of sulfone groups is 1. The van der Waals surface area contributed by atoms with Crippen LogP contribution in [0.3, 0.4) is 0 Å². The molecule has 0 fully saturated rings. The van der Waals surface area contributed by atoms with E-state index >= 15 is 0 Å². The van der Waals surface area contributed by atoms with Crippen LogP contribution in [0, 0.1) is 10.1 Å². The smallest absolute Gasteiger partial charge is 0.341 e. The predicted molar refractivity (Wildman–Crippen MR) is 86.9 cm³/mol. The lowest BCUT2D eigenvalue weighted by atomic mass is 10.3. The number of hydrogen-bond donors (Lipinski definition) is 1. The van der Waals surface area contributed by atoms with Crippen molar-refractivity contribution in [2.45, 2.75) is 10.7 Å². The number of rotatable bonds is 7. The van der Waals surface area contributed by atoms with Crippen LogP contribution in [0.4, 0.5) is 20.2 Å². The zero-order chi connectivity index (χ0) is 19.3. The van der Waals surface area contributed by atoms with Crippen molar-refractivity contribution in [1.29, 1.82) is 0 Å². The lowest BCUT2D eigenvalue weighted by Crippen LogP contribution is -2.20. The number of ether oxygens (including phenoxy) is 1. The molecule has 0 aliphatic heterocycles. The molecule has 0 aromatic heterocycles. The third kappa shape index (κ3) is 4.72. The van der Waals surface area contributed by atoms with Crippen LogP contribution in [-0.4, -0.2) is 31.6 Å². The molecule has 2 aromatic rings. The summed E-state index contributed by atoms with van der Waals surface area (Å²) in [6.07, 6.45) is 0. The van der Waals surface area contributed by atoms with Gasteiger partial charge in [-0.05, 0) is 36.4 Å². The average molecular weight is 386 g/mol. The quantitative estimate of drug-likeness (QED) is 0.578. The number of nitrogens with one attached hydrogen (secondary N) is 1. The highest BCUT2D eigenvalue weighted by molar-refractivity contribution is 7.91. The van der Waals surface area contributed by atoms with E-state index in [1.54, 1.807) is 0 Å². The summed E-state index contributed by atoms with van der Waals surface area (Å²) in [5.41, 5.74) is 0.0659. The van der Waals surface area contributed by atoms with E-state index in [1.165, 1.54) is 36.4 Å². The number of halogens is 2. The first-order valence-electron chi connectivity index (χ1n) is 6.99. The maximum Gasteiger partial charge on any atom is 0.341 e. The van der Waals surface area contributed by atoms with Crippen molar-refractivity contribution < 1.29 is 31.7 Å². The molecule has 0 heterocycles. The Morgan fingerprint density at radius 3 is 2.19 bits per heavy atom. The van der Waals surface area contributed by atoms with Crippen molar-refractivity contribution in [2.75, 3.05) is 11.9 Å². The third-order valence-corrected chi connectivity index (χ3v) is 4.52. The van der Waals surface area contributed by atoms with Crippen molar-refractivity contribution in [1.82, 2.24) is 0 Å². The van der Waals surface area contributed by atoms with Crippen LogP contribution in [-0.2, 0) is 14.6 Å². The molecule has 1 N–H and O–H groups in total. The van der Waals surface area contributed by atoms with Gasteiger partial charge in [-0.1, -0.05) is 0 Å². The van der Waals surface area contributed by atoms with Crippen LogP contribution < -0.4 is 10.1 Å². The largest absolute Gasteiger partial charge is 0.484 e. The molecule has 138 valence electrons. The minimum atomic E-state index is -4.70. The van der Waals surface area contributed by atoms with Crippen LogP contribution in [0.15, 0.2) is 53.4 Å². The number of hydrogen-bond acceptors (Lipinski definition) is 6. The molecule has 0 aliphatic carbocycles. The molecule has 26 heavy (non-hydrogen) atoms. The topological polar surface area (TPSA) is 116 Å². The van der Waals surface area contributed by atoms with Gasteiger partial charge in [-0.2, -0.15) is 8.78 Å². The van der Waals surface area contributed by atoms with Crippen molar-refractivity contribution in [3.63, 3.8) is 0 Å². The second-order valence-corrected chi connectivity index (χ2v) is 6.84. The minimum absolute atomic E-state index is 0.124. The molecule has 0 bridgehead atoms. The Morgan fingerprint density at radius 1 is 1.12 bits per heavy atom. The first-order chi connectivity index (χ1) is 12.2. The van der Waals surface area contributed by atoms with Crippen LogP contribution >= 0.6 is 0 Å². The van der Waals surface area contributed by atoms with Crippen LogP contribution in [0.25, 0.3) is 0 Å². The van der Waals surface area contributed by atoms with Crippen molar-refractivity contribution in [3.05, 3.63) is 58.6 Å². The fourth-order valence-corrected chi connectivity index (χ4v) is 2.56. The van der Waals surface area contributed by atoms with Crippen molar-refractivity contribution in [3.8, 4) is 5.75 Å². The molecule has 0 saturated heterocycles. The number of nitrogens with zero attached hydrogens (tertiary/aromatic N) is 1. The number of carbonyl (C=O) groups excluding carboxylic acids is 1. The summed E-state index contributed by atoms with van der Waals surface area (Å²) in [7, 11) is -4.70. The van der Waals surface area contributed by atoms with E-state index in [4.69, 9.17) is 4.74 Å². The Kier molecular flexibility index (Phi) is 5.82. The molecule has 0 aliphatic rings. The van der Waals surface area contributed by atoms with E-state index in [2.05, 4.69) is 5.32 Å². The van der Waals surface area contributed by atoms with E-state index < -0.39 is 37.9 Å². The fourth-order valence-electron chi connectivity index (χ4n) is 1.84. The van der Waals surface area contributed by atoms with Gasteiger partial charge in [0.05, 0.1) is 9.82 Å². The van der Waals surface area contributed by atoms with E-state index in [1.807, 2.05) is 0 Å². The molecule has 0 spiro atoms. The number of carbonyl (C=O) groups is 1. The van der Waals surface area contributed by atoms with Crippen LogP contribution in [0.5, 0.6) is 5.75 Å². The molecule has 0 atom stereocenters. The van der Waals surface area contributed by atoms with Gasteiger partial charge in [0, 0.05) is 17.8 Å². The molecule has 1 amide bonds. The standard InChI is InChI=1S/C15H12F2N2O6S/c16-15(17)26(23,24)13-7-1-10(2-8-13)18-14(20)9-25-12-5-3-11(4-6-12)19(21)22/h1-8,15H,9H2,(H,18,20). The zero-order valence-electron chi connectivity index (χ0n) is 13.0. The molecule has 0 saturated carbocycles. The minimum Gasteiger partial charge on any atom is -0.484 e. The maximum atomic E-state index is 12.4. The molecule has 11 heteroatoms. The molecule has 8 nitrogen and oxygen atoms in total. The summed E-state index contributed by atoms with van der Waals surface area (Å²) >= 11 is 0. The number of amides is 1. The van der Waals surface area contributed by atoms with Gasteiger partial charge < -0.3 is 10.1 Å².